The Hall–Kier alpha value is -0.790. The zero-order chi connectivity index (χ0) is 13.1. The van der Waals surface area contributed by atoms with Gasteiger partial charge in [0.1, 0.15) is 17.9 Å². The molecule has 0 spiro atoms. The summed E-state index contributed by atoms with van der Waals surface area (Å²) >= 11 is 0. The lowest BCUT2D eigenvalue weighted by molar-refractivity contribution is -0.671. The van der Waals surface area contributed by atoms with Crippen LogP contribution in [0.3, 0.4) is 0 Å². The van der Waals surface area contributed by atoms with Gasteiger partial charge in [0.25, 0.3) is 0 Å². The van der Waals surface area contributed by atoms with Gasteiger partial charge in [-0.3, -0.25) is 0 Å². The fourth-order valence-corrected chi connectivity index (χ4v) is 2.59. The molecule has 0 saturated carbocycles. The van der Waals surface area contributed by atoms with E-state index >= 15 is 0 Å². The van der Waals surface area contributed by atoms with Gasteiger partial charge in [0.05, 0.1) is 7.05 Å². The normalized spacial score (nSPS) is 15.9. The van der Waals surface area contributed by atoms with E-state index in [9.17, 15) is 0 Å². The fraction of sp³-hybridized carbons (Fsp3) is 0.800. The molecule has 98 valence electrons. The van der Waals surface area contributed by atoms with Crippen molar-refractivity contribution in [1.82, 2.24) is 4.57 Å². The number of aryl methyl sites for hydroxylation is 1. The third-order valence-electron chi connectivity index (χ3n) is 4.67. The molecule has 0 aliphatic carbocycles. The van der Waals surface area contributed by atoms with Crippen LogP contribution in [0.25, 0.3) is 0 Å². The summed E-state index contributed by atoms with van der Waals surface area (Å²) in [5.41, 5.74) is 0.690. The predicted molar refractivity (Wildman–Crippen MR) is 72.9 cm³/mol. The molecule has 0 radical (unpaired) electrons. The summed E-state index contributed by atoms with van der Waals surface area (Å²) in [6, 6.07) is 0. The quantitative estimate of drug-likeness (QED) is 0.668. The highest BCUT2D eigenvalue weighted by atomic mass is 15.1. The van der Waals surface area contributed by atoms with Gasteiger partial charge in [-0.15, -0.1) is 0 Å². The SMILES string of the molecule is CCC(C)(CC)CC(C)(CC)n1cc[n+](C)c1. The molecule has 0 aliphatic rings. The molecule has 17 heavy (non-hydrogen) atoms. The molecule has 0 aromatic carbocycles. The van der Waals surface area contributed by atoms with Crippen molar-refractivity contribution in [3.05, 3.63) is 18.7 Å². The first-order valence-corrected chi connectivity index (χ1v) is 6.93. The van der Waals surface area contributed by atoms with Crippen molar-refractivity contribution in [2.24, 2.45) is 12.5 Å². The Morgan fingerprint density at radius 3 is 2.00 bits per heavy atom. The fourth-order valence-electron chi connectivity index (χ4n) is 2.59. The largest absolute Gasteiger partial charge is 0.243 e. The van der Waals surface area contributed by atoms with Gasteiger partial charge < -0.3 is 0 Å². The summed E-state index contributed by atoms with van der Waals surface area (Å²) in [6.07, 6.45) is 11.5. The molecule has 0 amide bonds. The van der Waals surface area contributed by atoms with E-state index in [1.807, 2.05) is 0 Å². The van der Waals surface area contributed by atoms with Crippen molar-refractivity contribution in [3.8, 4) is 0 Å². The van der Waals surface area contributed by atoms with Crippen LogP contribution in [0, 0.1) is 5.41 Å². The smallest absolute Gasteiger partial charge is 0.240 e. The summed E-state index contributed by atoms with van der Waals surface area (Å²) in [4.78, 5) is 0. The Labute approximate surface area is 107 Å². The van der Waals surface area contributed by atoms with Crippen LogP contribution in [-0.2, 0) is 12.6 Å². The highest BCUT2D eigenvalue weighted by Gasteiger charge is 2.36. The third-order valence-corrected chi connectivity index (χ3v) is 4.67. The van der Waals surface area contributed by atoms with Crippen molar-refractivity contribution >= 4 is 0 Å². The number of hydrogen-bond acceptors (Lipinski definition) is 0. The van der Waals surface area contributed by atoms with E-state index in [0.29, 0.717) is 5.41 Å². The lowest BCUT2D eigenvalue weighted by Gasteiger charge is -2.36. The molecule has 1 heterocycles. The van der Waals surface area contributed by atoms with E-state index in [2.05, 4.69) is 69.5 Å². The van der Waals surface area contributed by atoms with Gasteiger partial charge in [-0.1, -0.05) is 40.5 Å². The second kappa shape index (κ2) is 5.24. The number of imidazole rings is 1. The maximum Gasteiger partial charge on any atom is 0.243 e. The summed E-state index contributed by atoms with van der Waals surface area (Å²) in [6.45, 7) is 11.7. The highest BCUT2D eigenvalue weighted by molar-refractivity contribution is 4.90. The minimum absolute atomic E-state index is 0.238. The van der Waals surface area contributed by atoms with Crippen molar-refractivity contribution in [2.45, 2.75) is 65.8 Å². The van der Waals surface area contributed by atoms with Crippen LogP contribution < -0.4 is 4.57 Å². The van der Waals surface area contributed by atoms with Gasteiger partial charge in [-0.25, -0.2) is 9.13 Å². The summed E-state index contributed by atoms with van der Waals surface area (Å²) in [7, 11) is 2.09. The van der Waals surface area contributed by atoms with Crippen molar-refractivity contribution in [2.75, 3.05) is 0 Å². The second-order valence-electron chi connectivity index (χ2n) is 6.03. The van der Waals surface area contributed by atoms with Crippen LogP contribution in [0.2, 0.25) is 0 Å². The Bertz CT molecular complexity index is 350. The number of rotatable bonds is 6. The van der Waals surface area contributed by atoms with Crippen LogP contribution in [0.5, 0.6) is 0 Å². The van der Waals surface area contributed by atoms with Gasteiger partial charge in [0.15, 0.2) is 0 Å². The van der Waals surface area contributed by atoms with Crippen molar-refractivity contribution in [1.29, 1.82) is 0 Å². The zero-order valence-electron chi connectivity index (χ0n) is 12.5. The van der Waals surface area contributed by atoms with Gasteiger partial charge in [0.2, 0.25) is 6.33 Å². The van der Waals surface area contributed by atoms with Gasteiger partial charge in [0, 0.05) is 0 Å². The number of hydrogen-bond donors (Lipinski definition) is 0. The Kier molecular flexibility index (Phi) is 4.40. The maximum absolute atomic E-state index is 2.42. The van der Waals surface area contributed by atoms with Crippen LogP contribution >= 0.6 is 0 Å². The number of aromatic nitrogens is 2. The van der Waals surface area contributed by atoms with E-state index in [1.54, 1.807) is 0 Å². The number of nitrogens with zero attached hydrogens (tertiary/aromatic N) is 2. The summed E-state index contributed by atoms with van der Waals surface area (Å²) in [5, 5.41) is 0. The topological polar surface area (TPSA) is 8.81 Å². The predicted octanol–water partition coefficient (Wildman–Crippen LogP) is 3.65. The Morgan fingerprint density at radius 1 is 1.06 bits per heavy atom. The van der Waals surface area contributed by atoms with E-state index in [1.165, 1.54) is 25.7 Å². The molecule has 1 rings (SSSR count). The second-order valence-corrected chi connectivity index (χ2v) is 6.03. The highest BCUT2D eigenvalue weighted by Crippen LogP contribution is 2.39. The summed E-state index contributed by atoms with van der Waals surface area (Å²) < 4.78 is 4.51. The Balaban J connectivity index is 2.97. The lowest BCUT2D eigenvalue weighted by atomic mass is 9.73. The van der Waals surface area contributed by atoms with Crippen molar-refractivity contribution in [3.63, 3.8) is 0 Å². The first-order chi connectivity index (χ1) is 7.89. The summed E-state index contributed by atoms with van der Waals surface area (Å²) in [5.74, 6) is 0. The van der Waals surface area contributed by atoms with E-state index < -0.39 is 0 Å². The van der Waals surface area contributed by atoms with Crippen LogP contribution in [-0.4, -0.2) is 4.57 Å². The van der Waals surface area contributed by atoms with Crippen molar-refractivity contribution < 1.29 is 4.57 Å². The first-order valence-electron chi connectivity index (χ1n) is 6.93. The molecule has 0 aliphatic heterocycles. The average Bonchev–Trinajstić information content (AvgIpc) is 2.76. The molecule has 0 N–H and O–H groups in total. The molecule has 1 atom stereocenters. The minimum atomic E-state index is 0.238. The molecule has 1 unspecified atom stereocenters. The first kappa shape index (κ1) is 14.3. The van der Waals surface area contributed by atoms with E-state index in [0.717, 1.165) is 0 Å². The van der Waals surface area contributed by atoms with Crippen LogP contribution in [0.1, 0.15) is 60.3 Å². The monoisotopic (exact) mass is 237 g/mol. The minimum Gasteiger partial charge on any atom is -0.240 e. The molecule has 0 fully saturated rings. The molecular formula is C15H29N2+. The lowest BCUT2D eigenvalue weighted by Crippen LogP contribution is -2.36. The van der Waals surface area contributed by atoms with Crippen LogP contribution in [0.4, 0.5) is 0 Å². The zero-order valence-corrected chi connectivity index (χ0v) is 12.5. The molecule has 0 bridgehead atoms. The maximum atomic E-state index is 2.42. The van der Waals surface area contributed by atoms with Gasteiger partial charge in [-0.2, -0.15) is 0 Å². The van der Waals surface area contributed by atoms with Crippen LogP contribution in [0.15, 0.2) is 18.7 Å². The van der Waals surface area contributed by atoms with Gasteiger partial charge in [-0.05, 0) is 25.2 Å². The average molecular weight is 237 g/mol. The van der Waals surface area contributed by atoms with Gasteiger partial charge >= 0.3 is 0 Å². The molecule has 1 aromatic heterocycles. The molecule has 2 nitrogen and oxygen atoms in total. The molecule has 2 heteroatoms. The van der Waals surface area contributed by atoms with E-state index in [-0.39, 0.29) is 5.54 Å². The molecular weight excluding hydrogens is 208 g/mol. The molecule has 1 aromatic rings. The third kappa shape index (κ3) is 3.11. The standard InChI is InChI=1S/C15H29N2/c1-7-14(4,8-2)12-15(5,9-3)17-11-10-16(6)13-17/h10-11,13H,7-9,12H2,1-6H3/q+1. The molecule has 0 saturated heterocycles. The van der Waals surface area contributed by atoms with E-state index in [4.69, 9.17) is 0 Å². The Morgan fingerprint density at radius 2 is 1.65 bits per heavy atom.